The summed E-state index contributed by atoms with van der Waals surface area (Å²) in [5.74, 6) is 1.64. The average molecular weight is 341 g/mol. The van der Waals surface area contributed by atoms with E-state index in [0.717, 1.165) is 22.2 Å². The molecule has 0 unspecified atom stereocenters. The Kier molecular flexibility index (Phi) is 3.66. The van der Waals surface area contributed by atoms with E-state index in [1.165, 1.54) is 28.3 Å². The Hall–Kier alpha value is -2.87. The summed E-state index contributed by atoms with van der Waals surface area (Å²) in [5.41, 5.74) is 1.40. The van der Waals surface area contributed by atoms with Crippen molar-refractivity contribution in [1.29, 1.82) is 0 Å². The molecule has 120 valence electrons. The highest BCUT2D eigenvalue weighted by molar-refractivity contribution is 7.13. The predicted octanol–water partition coefficient (Wildman–Crippen LogP) is 3.55. The molecule has 3 aromatic heterocycles. The van der Waals surface area contributed by atoms with Gasteiger partial charge in [-0.2, -0.15) is 4.80 Å². The first kappa shape index (κ1) is 14.7. The number of aryl methyl sites for hydroxylation is 1. The number of halogens is 1. The molecule has 8 heteroatoms. The summed E-state index contributed by atoms with van der Waals surface area (Å²) >= 11 is 1.50. The fourth-order valence-corrected chi connectivity index (χ4v) is 3.01. The molecule has 0 atom stereocenters. The topological polar surface area (TPSA) is 69.6 Å². The largest absolute Gasteiger partial charge is 0.459 e. The monoisotopic (exact) mass is 341 g/mol. The third-order valence-corrected chi connectivity index (χ3v) is 4.25. The molecular weight excluding hydrogens is 329 g/mol. The Morgan fingerprint density at radius 3 is 2.96 bits per heavy atom. The van der Waals surface area contributed by atoms with E-state index in [4.69, 9.17) is 4.42 Å². The third-order valence-electron chi connectivity index (χ3n) is 3.34. The number of hydrogen-bond acceptors (Lipinski definition) is 6. The second-order valence-corrected chi connectivity index (χ2v) is 6.07. The van der Waals surface area contributed by atoms with Crippen molar-refractivity contribution in [2.24, 2.45) is 0 Å². The first-order valence-electron chi connectivity index (χ1n) is 7.22. The Morgan fingerprint density at radius 1 is 1.25 bits per heavy atom. The van der Waals surface area contributed by atoms with Crippen LogP contribution in [-0.2, 0) is 6.54 Å². The molecule has 0 saturated heterocycles. The van der Waals surface area contributed by atoms with Gasteiger partial charge in [-0.05, 0) is 36.4 Å². The summed E-state index contributed by atoms with van der Waals surface area (Å²) < 4.78 is 18.8. The molecule has 1 aromatic carbocycles. The molecule has 0 bridgehead atoms. The molecule has 0 aliphatic heterocycles. The SMILES string of the molecule is Cc1ccc(-c2nc(Cn3nnc(-c4cccc(F)c4)n3)cs2)o1. The van der Waals surface area contributed by atoms with Crippen LogP contribution in [0, 0.1) is 12.7 Å². The lowest BCUT2D eigenvalue weighted by Gasteiger charge is -1.95. The normalized spacial score (nSPS) is 11.1. The highest BCUT2D eigenvalue weighted by Gasteiger charge is 2.11. The zero-order chi connectivity index (χ0) is 16.5. The van der Waals surface area contributed by atoms with Crippen LogP contribution in [0.15, 0.2) is 46.2 Å². The molecule has 24 heavy (non-hydrogen) atoms. The standard InChI is InChI=1S/C16H12FN5OS/c1-10-5-6-14(23-10)16-18-13(9-24-16)8-22-20-15(19-21-22)11-3-2-4-12(17)7-11/h2-7,9H,8H2,1H3. The lowest BCUT2D eigenvalue weighted by atomic mass is 10.2. The third kappa shape index (κ3) is 2.95. The lowest BCUT2D eigenvalue weighted by molar-refractivity contribution is 0.546. The van der Waals surface area contributed by atoms with Crippen molar-refractivity contribution in [3.8, 4) is 22.2 Å². The van der Waals surface area contributed by atoms with E-state index in [1.807, 2.05) is 24.4 Å². The Bertz CT molecular complexity index is 990. The van der Waals surface area contributed by atoms with Crippen molar-refractivity contribution in [3.05, 3.63) is 59.0 Å². The number of hydrogen-bond donors (Lipinski definition) is 0. The molecule has 6 nitrogen and oxygen atoms in total. The average Bonchev–Trinajstić information content (AvgIpc) is 3.28. The Balaban J connectivity index is 1.53. The van der Waals surface area contributed by atoms with Gasteiger partial charge in [0.1, 0.15) is 18.1 Å². The van der Waals surface area contributed by atoms with Gasteiger partial charge in [0.2, 0.25) is 5.82 Å². The predicted molar refractivity (Wildman–Crippen MR) is 86.9 cm³/mol. The molecule has 3 heterocycles. The number of thiazole rings is 1. The van der Waals surface area contributed by atoms with E-state index >= 15 is 0 Å². The van der Waals surface area contributed by atoms with Gasteiger partial charge < -0.3 is 4.42 Å². The van der Waals surface area contributed by atoms with Gasteiger partial charge in [0.15, 0.2) is 10.8 Å². The van der Waals surface area contributed by atoms with Gasteiger partial charge in [0, 0.05) is 10.9 Å². The van der Waals surface area contributed by atoms with Crippen LogP contribution in [0.3, 0.4) is 0 Å². The summed E-state index contributed by atoms with van der Waals surface area (Å²) in [6.45, 7) is 2.28. The van der Waals surface area contributed by atoms with E-state index < -0.39 is 0 Å². The van der Waals surface area contributed by atoms with E-state index in [2.05, 4.69) is 20.4 Å². The van der Waals surface area contributed by atoms with E-state index in [9.17, 15) is 4.39 Å². The van der Waals surface area contributed by atoms with Crippen molar-refractivity contribution >= 4 is 11.3 Å². The minimum Gasteiger partial charge on any atom is -0.459 e. The fourth-order valence-electron chi connectivity index (χ4n) is 2.24. The Labute approximate surface area is 140 Å². The quantitative estimate of drug-likeness (QED) is 0.568. The van der Waals surface area contributed by atoms with E-state index in [-0.39, 0.29) is 5.82 Å². The van der Waals surface area contributed by atoms with Gasteiger partial charge in [-0.1, -0.05) is 12.1 Å². The van der Waals surface area contributed by atoms with Crippen LogP contribution >= 0.6 is 11.3 Å². The van der Waals surface area contributed by atoms with Gasteiger partial charge in [-0.3, -0.25) is 0 Å². The first-order chi connectivity index (χ1) is 11.7. The van der Waals surface area contributed by atoms with Crippen LogP contribution in [0.1, 0.15) is 11.5 Å². The summed E-state index contributed by atoms with van der Waals surface area (Å²) in [6, 6.07) is 9.91. The molecule has 0 radical (unpaired) electrons. The molecule has 0 spiro atoms. The Morgan fingerprint density at radius 2 is 2.17 bits per heavy atom. The maximum absolute atomic E-state index is 13.3. The number of nitrogens with zero attached hydrogens (tertiary/aromatic N) is 5. The summed E-state index contributed by atoms with van der Waals surface area (Å²) in [6.07, 6.45) is 0. The molecule has 0 fully saturated rings. The van der Waals surface area contributed by atoms with Crippen molar-refractivity contribution in [2.75, 3.05) is 0 Å². The summed E-state index contributed by atoms with van der Waals surface area (Å²) in [5, 5.41) is 15.0. The van der Waals surface area contributed by atoms with Gasteiger partial charge in [0.05, 0.1) is 5.69 Å². The second-order valence-electron chi connectivity index (χ2n) is 5.21. The first-order valence-corrected chi connectivity index (χ1v) is 8.10. The summed E-state index contributed by atoms with van der Waals surface area (Å²) in [7, 11) is 0. The van der Waals surface area contributed by atoms with Crippen molar-refractivity contribution in [1.82, 2.24) is 25.2 Å². The molecular formula is C16H12FN5OS. The lowest BCUT2D eigenvalue weighted by Crippen LogP contribution is -2.04. The molecule has 0 saturated carbocycles. The van der Waals surface area contributed by atoms with Gasteiger partial charge >= 0.3 is 0 Å². The smallest absolute Gasteiger partial charge is 0.205 e. The molecule has 0 aliphatic carbocycles. The van der Waals surface area contributed by atoms with Crippen LogP contribution < -0.4 is 0 Å². The number of tetrazole rings is 1. The zero-order valence-electron chi connectivity index (χ0n) is 12.7. The molecule has 0 N–H and O–H groups in total. The minimum atomic E-state index is -0.332. The number of rotatable bonds is 4. The second kappa shape index (κ2) is 5.97. The van der Waals surface area contributed by atoms with Crippen LogP contribution in [0.4, 0.5) is 4.39 Å². The van der Waals surface area contributed by atoms with Crippen LogP contribution in [0.2, 0.25) is 0 Å². The van der Waals surface area contributed by atoms with Crippen LogP contribution in [-0.4, -0.2) is 25.2 Å². The van der Waals surface area contributed by atoms with Gasteiger partial charge in [-0.15, -0.1) is 21.5 Å². The minimum absolute atomic E-state index is 0.332. The highest BCUT2D eigenvalue weighted by atomic mass is 32.1. The van der Waals surface area contributed by atoms with Crippen LogP contribution in [0.5, 0.6) is 0 Å². The maximum atomic E-state index is 13.3. The van der Waals surface area contributed by atoms with Gasteiger partial charge in [-0.25, -0.2) is 9.37 Å². The van der Waals surface area contributed by atoms with Crippen LogP contribution in [0.25, 0.3) is 22.2 Å². The molecule has 4 aromatic rings. The van der Waals surface area contributed by atoms with Crippen molar-refractivity contribution in [3.63, 3.8) is 0 Å². The van der Waals surface area contributed by atoms with E-state index in [0.29, 0.717) is 17.9 Å². The van der Waals surface area contributed by atoms with Gasteiger partial charge in [0.25, 0.3) is 0 Å². The maximum Gasteiger partial charge on any atom is 0.205 e. The van der Waals surface area contributed by atoms with Crippen molar-refractivity contribution < 1.29 is 8.81 Å². The highest BCUT2D eigenvalue weighted by Crippen LogP contribution is 2.25. The van der Waals surface area contributed by atoms with E-state index in [1.54, 1.807) is 12.1 Å². The number of furan rings is 1. The molecule has 4 rings (SSSR count). The van der Waals surface area contributed by atoms with Crippen molar-refractivity contribution in [2.45, 2.75) is 13.5 Å². The fraction of sp³-hybridized carbons (Fsp3) is 0.125. The number of aromatic nitrogens is 5. The number of benzene rings is 1. The molecule has 0 amide bonds. The molecule has 0 aliphatic rings. The summed E-state index contributed by atoms with van der Waals surface area (Å²) in [4.78, 5) is 5.96. The zero-order valence-corrected chi connectivity index (χ0v) is 13.5.